The number of fused-ring (bicyclic) bond motifs is 1. The van der Waals surface area contributed by atoms with Crippen LogP contribution in [0.25, 0.3) is 0 Å². The Morgan fingerprint density at radius 2 is 2.17 bits per heavy atom. The molecule has 3 aliphatic rings. The van der Waals surface area contributed by atoms with Gasteiger partial charge in [0, 0.05) is 24.1 Å². The van der Waals surface area contributed by atoms with Gasteiger partial charge in [-0.15, -0.1) is 0 Å². The molecule has 2 unspecified atom stereocenters. The Balaban J connectivity index is 1.84. The quantitative estimate of drug-likeness (QED) is 0.747. The molecule has 0 saturated carbocycles. The first-order valence-electron chi connectivity index (χ1n) is 9.63. The van der Waals surface area contributed by atoms with Crippen molar-refractivity contribution < 1.29 is 0 Å². The van der Waals surface area contributed by atoms with Gasteiger partial charge in [0.05, 0.1) is 6.07 Å². The van der Waals surface area contributed by atoms with Gasteiger partial charge >= 0.3 is 0 Å². The highest BCUT2D eigenvalue weighted by Crippen LogP contribution is 2.42. The summed E-state index contributed by atoms with van der Waals surface area (Å²) >= 11 is 0. The Bertz CT molecular complexity index is 602. The van der Waals surface area contributed by atoms with Crippen LogP contribution >= 0.6 is 0 Å². The number of allylic oxidation sites excluding steroid dienone is 6. The predicted octanol–water partition coefficient (Wildman–Crippen LogP) is 5.28. The summed E-state index contributed by atoms with van der Waals surface area (Å²) in [4.78, 5) is 0. The van der Waals surface area contributed by atoms with Crippen LogP contribution in [0.4, 0.5) is 0 Å². The van der Waals surface area contributed by atoms with Crippen molar-refractivity contribution in [3.63, 3.8) is 0 Å². The molecule has 3 rings (SSSR count). The second-order valence-corrected chi connectivity index (χ2v) is 7.58. The molecule has 2 nitrogen and oxygen atoms in total. The van der Waals surface area contributed by atoms with Crippen LogP contribution in [-0.2, 0) is 0 Å². The first-order chi connectivity index (χ1) is 11.7. The van der Waals surface area contributed by atoms with Gasteiger partial charge < -0.3 is 5.32 Å². The van der Waals surface area contributed by atoms with E-state index in [2.05, 4.69) is 61.7 Å². The zero-order chi connectivity index (χ0) is 16.9. The molecule has 2 aliphatic carbocycles. The smallest absolute Gasteiger partial charge is 0.0628 e. The lowest BCUT2D eigenvalue weighted by Crippen LogP contribution is -2.49. The lowest BCUT2D eigenvalue weighted by atomic mass is 9.68. The predicted molar refractivity (Wildman–Crippen MR) is 100.0 cm³/mol. The SMILES string of the molecule is CCCC[C@@H]1[C@H](C)C2=CC(CC#N)CC=C2N[C@H]1C1C=CC=CC1. The molecule has 0 radical (unpaired) electrons. The van der Waals surface area contributed by atoms with E-state index in [9.17, 15) is 0 Å². The highest BCUT2D eigenvalue weighted by atomic mass is 15.0. The summed E-state index contributed by atoms with van der Waals surface area (Å²) in [5.41, 5.74) is 2.81. The van der Waals surface area contributed by atoms with E-state index in [0.29, 0.717) is 36.1 Å². The summed E-state index contributed by atoms with van der Waals surface area (Å²) in [6, 6.07) is 2.87. The lowest BCUT2D eigenvalue weighted by molar-refractivity contribution is 0.210. The molecule has 5 atom stereocenters. The molecule has 0 aromatic heterocycles. The zero-order valence-electron chi connectivity index (χ0n) is 15.0. The first-order valence-corrected chi connectivity index (χ1v) is 9.63. The van der Waals surface area contributed by atoms with Gasteiger partial charge in [0.15, 0.2) is 0 Å². The number of rotatable bonds is 5. The van der Waals surface area contributed by atoms with Gasteiger partial charge in [0.1, 0.15) is 0 Å². The van der Waals surface area contributed by atoms with Crippen molar-refractivity contribution in [2.45, 2.75) is 58.4 Å². The third-order valence-electron chi connectivity index (χ3n) is 5.99. The minimum Gasteiger partial charge on any atom is -0.381 e. The van der Waals surface area contributed by atoms with Crippen molar-refractivity contribution in [3.05, 3.63) is 47.7 Å². The third kappa shape index (κ3) is 3.51. The molecule has 0 spiro atoms. The third-order valence-corrected chi connectivity index (χ3v) is 5.99. The molecular weight excluding hydrogens is 292 g/mol. The van der Waals surface area contributed by atoms with Crippen LogP contribution in [0.2, 0.25) is 0 Å². The molecule has 1 heterocycles. The first kappa shape index (κ1) is 17.1. The fraction of sp³-hybridized carbons (Fsp3) is 0.591. The van der Waals surface area contributed by atoms with E-state index in [1.165, 1.54) is 30.5 Å². The summed E-state index contributed by atoms with van der Waals surface area (Å²) in [6.07, 6.45) is 20.4. The van der Waals surface area contributed by atoms with Crippen molar-refractivity contribution >= 4 is 0 Å². The number of nitrogens with zero attached hydrogens (tertiary/aromatic N) is 1. The maximum absolute atomic E-state index is 9.03. The summed E-state index contributed by atoms with van der Waals surface area (Å²) in [5.74, 6) is 2.25. The Labute approximate surface area is 147 Å². The van der Waals surface area contributed by atoms with Gasteiger partial charge in [-0.2, -0.15) is 5.26 Å². The van der Waals surface area contributed by atoms with Crippen molar-refractivity contribution in [1.82, 2.24) is 5.32 Å². The molecule has 1 N–H and O–H groups in total. The van der Waals surface area contributed by atoms with E-state index in [1.807, 2.05) is 0 Å². The number of hydrogen-bond acceptors (Lipinski definition) is 2. The zero-order valence-corrected chi connectivity index (χ0v) is 15.0. The van der Waals surface area contributed by atoms with Crippen molar-refractivity contribution in [1.29, 1.82) is 5.26 Å². The maximum atomic E-state index is 9.03. The van der Waals surface area contributed by atoms with Crippen LogP contribution in [0.15, 0.2) is 47.7 Å². The van der Waals surface area contributed by atoms with E-state index >= 15 is 0 Å². The van der Waals surface area contributed by atoms with Gasteiger partial charge in [-0.05, 0) is 42.6 Å². The average molecular weight is 322 g/mol. The van der Waals surface area contributed by atoms with Crippen molar-refractivity contribution in [2.75, 3.05) is 0 Å². The molecular formula is C22H30N2. The second-order valence-electron chi connectivity index (χ2n) is 7.58. The fourth-order valence-electron chi connectivity index (χ4n) is 4.59. The Kier molecular flexibility index (Phi) is 5.61. The van der Waals surface area contributed by atoms with Gasteiger partial charge in [-0.1, -0.05) is 63.1 Å². The number of nitrogens with one attached hydrogen (secondary N) is 1. The molecule has 2 heteroatoms. The van der Waals surface area contributed by atoms with Gasteiger partial charge in [0.25, 0.3) is 0 Å². The van der Waals surface area contributed by atoms with E-state index < -0.39 is 0 Å². The molecule has 1 saturated heterocycles. The maximum Gasteiger partial charge on any atom is 0.0628 e. The van der Waals surface area contributed by atoms with E-state index in [0.717, 1.165) is 12.8 Å². The van der Waals surface area contributed by atoms with Crippen molar-refractivity contribution in [3.8, 4) is 6.07 Å². The highest BCUT2D eigenvalue weighted by Gasteiger charge is 2.39. The van der Waals surface area contributed by atoms with Crippen LogP contribution in [-0.4, -0.2) is 6.04 Å². The normalized spacial score (nSPS) is 34.6. The average Bonchev–Trinajstić information content (AvgIpc) is 2.62. The lowest BCUT2D eigenvalue weighted by Gasteiger charge is -2.45. The molecule has 0 aromatic carbocycles. The summed E-state index contributed by atoms with van der Waals surface area (Å²) in [6.45, 7) is 4.69. The number of hydrogen-bond donors (Lipinski definition) is 1. The van der Waals surface area contributed by atoms with Crippen LogP contribution in [0.1, 0.15) is 52.4 Å². The van der Waals surface area contributed by atoms with Crippen LogP contribution < -0.4 is 5.32 Å². The van der Waals surface area contributed by atoms with E-state index in [1.54, 1.807) is 0 Å². The topological polar surface area (TPSA) is 35.8 Å². The van der Waals surface area contributed by atoms with E-state index in [4.69, 9.17) is 5.26 Å². The van der Waals surface area contributed by atoms with E-state index in [-0.39, 0.29) is 0 Å². The number of nitriles is 1. The number of unbranched alkanes of at least 4 members (excludes halogenated alkanes) is 1. The fourth-order valence-corrected chi connectivity index (χ4v) is 4.59. The highest BCUT2D eigenvalue weighted by molar-refractivity contribution is 5.39. The monoisotopic (exact) mass is 322 g/mol. The summed E-state index contributed by atoms with van der Waals surface area (Å²) < 4.78 is 0. The van der Waals surface area contributed by atoms with Gasteiger partial charge in [0.2, 0.25) is 0 Å². The molecule has 1 fully saturated rings. The Morgan fingerprint density at radius 1 is 1.29 bits per heavy atom. The van der Waals surface area contributed by atoms with Gasteiger partial charge in [-0.3, -0.25) is 0 Å². The Hall–Kier alpha value is -1.75. The molecule has 1 aliphatic heterocycles. The molecule has 128 valence electrons. The Morgan fingerprint density at radius 3 is 2.88 bits per heavy atom. The van der Waals surface area contributed by atoms with Crippen molar-refractivity contribution in [2.24, 2.45) is 23.7 Å². The molecule has 0 bridgehead atoms. The molecule has 0 aromatic rings. The minimum atomic E-state index is 0.402. The minimum absolute atomic E-state index is 0.402. The molecule has 0 amide bonds. The largest absolute Gasteiger partial charge is 0.381 e. The summed E-state index contributed by atoms with van der Waals surface area (Å²) in [7, 11) is 0. The number of piperidine rings is 1. The van der Waals surface area contributed by atoms with Crippen LogP contribution in [0.3, 0.4) is 0 Å². The summed E-state index contributed by atoms with van der Waals surface area (Å²) in [5, 5.41) is 12.9. The standard InChI is InChI=1S/C22H30N2/c1-3-4-10-19-16(2)20-15-17(13-14-23)11-12-21(20)24-22(19)18-8-6-5-7-9-18/h5-8,12,15-19,22,24H,3-4,9-11,13H2,1-2H3/t16-,17?,18?,19+,22-/m0/s1. The second kappa shape index (κ2) is 7.88. The molecule has 24 heavy (non-hydrogen) atoms. The van der Waals surface area contributed by atoms with Gasteiger partial charge in [-0.25, -0.2) is 0 Å². The van der Waals surface area contributed by atoms with Crippen LogP contribution in [0, 0.1) is 35.0 Å². The van der Waals surface area contributed by atoms with Crippen LogP contribution in [0.5, 0.6) is 0 Å².